The number of hydrogen-bond donors (Lipinski definition) is 1. The summed E-state index contributed by atoms with van der Waals surface area (Å²) >= 11 is 1.77. The van der Waals surface area contributed by atoms with Gasteiger partial charge in [0.25, 0.3) is 0 Å². The molecule has 3 nitrogen and oxygen atoms in total. The summed E-state index contributed by atoms with van der Waals surface area (Å²) < 4.78 is 0. The van der Waals surface area contributed by atoms with Crippen LogP contribution in [-0.2, 0) is 0 Å². The van der Waals surface area contributed by atoms with Gasteiger partial charge in [-0.15, -0.1) is 12.4 Å². The Morgan fingerprint density at radius 3 is 2.77 bits per heavy atom. The van der Waals surface area contributed by atoms with E-state index in [1.165, 1.54) is 6.42 Å². The van der Waals surface area contributed by atoms with Crippen molar-refractivity contribution in [1.29, 1.82) is 0 Å². The monoisotopic (exact) mass is 217 g/mol. The fourth-order valence-corrected chi connectivity index (χ4v) is 2.20. The average Bonchev–Trinajstić information content (AvgIpc) is 2.59. The zero-order valence-electron chi connectivity index (χ0n) is 7.14. The highest BCUT2D eigenvalue weighted by atomic mass is 35.5. The summed E-state index contributed by atoms with van der Waals surface area (Å²) in [6, 6.07) is 1.84. The van der Waals surface area contributed by atoms with E-state index in [2.05, 4.69) is 15.3 Å². The van der Waals surface area contributed by atoms with Gasteiger partial charge < -0.3 is 5.32 Å². The number of hydrogen-bond acceptors (Lipinski definition) is 4. The number of halogens is 1. The third-order valence-electron chi connectivity index (χ3n) is 1.83. The number of thioether (sulfide) groups is 1. The van der Waals surface area contributed by atoms with Gasteiger partial charge in [-0.25, -0.2) is 9.97 Å². The van der Waals surface area contributed by atoms with Crippen molar-refractivity contribution in [1.82, 2.24) is 15.3 Å². The minimum absolute atomic E-state index is 0. The van der Waals surface area contributed by atoms with Crippen molar-refractivity contribution in [2.75, 3.05) is 13.1 Å². The lowest BCUT2D eigenvalue weighted by Crippen LogP contribution is -2.10. The molecular weight excluding hydrogens is 206 g/mol. The van der Waals surface area contributed by atoms with Crippen molar-refractivity contribution in [3.8, 4) is 0 Å². The van der Waals surface area contributed by atoms with E-state index in [0.717, 1.165) is 18.2 Å². The van der Waals surface area contributed by atoms with Gasteiger partial charge in [0.1, 0.15) is 0 Å². The predicted octanol–water partition coefficient (Wildman–Crippen LogP) is 1.35. The highest BCUT2D eigenvalue weighted by molar-refractivity contribution is 7.99. The number of nitrogens with one attached hydrogen (secondary N) is 1. The van der Waals surface area contributed by atoms with Gasteiger partial charge in [-0.2, -0.15) is 0 Å². The van der Waals surface area contributed by atoms with Crippen molar-refractivity contribution in [2.45, 2.75) is 16.8 Å². The van der Waals surface area contributed by atoms with Crippen LogP contribution in [0.2, 0.25) is 0 Å². The summed E-state index contributed by atoms with van der Waals surface area (Å²) in [5.74, 6) is 0. The van der Waals surface area contributed by atoms with Crippen LogP contribution >= 0.6 is 24.2 Å². The van der Waals surface area contributed by atoms with E-state index in [0.29, 0.717) is 5.25 Å². The van der Waals surface area contributed by atoms with Crippen molar-refractivity contribution in [3.05, 3.63) is 18.5 Å². The van der Waals surface area contributed by atoms with Crippen LogP contribution in [0.5, 0.6) is 0 Å². The molecule has 1 aliphatic heterocycles. The average molecular weight is 218 g/mol. The number of nitrogens with zero attached hydrogens (tertiary/aromatic N) is 2. The molecule has 0 bridgehead atoms. The summed E-state index contributed by atoms with van der Waals surface area (Å²) in [6.07, 6.45) is 4.80. The zero-order chi connectivity index (χ0) is 8.23. The van der Waals surface area contributed by atoms with Gasteiger partial charge in [0.15, 0.2) is 5.16 Å². The van der Waals surface area contributed by atoms with Crippen LogP contribution in [-0.4, -0.2) is 28.3 Å². The SMILES string of the molecule is Cl.c1cnc(S[C@@H]2CCNC2)nc1. The maximum absolute atomic E-state index is 4.17. The molecule has 1 aromatic heterocycles. The fourth-order valence-electron chi connectivity index (χ4n) is 1.22. The van der Waals surface area contributed by atoms with Crippen LogP contribution in [0.3, 0.4) is 0 Å². The van der Waals surface area contributed by atoms with Crippen LogP contribution in [0.1, 0.15) is 6.42 Å². The van der Waals surface area contributed by atoms with Crippen molar-refractivity contribution in [3.63, 3.8) is 0 Å². The number of aromatic nitrogens is 2. The van der Waals surface area contributed by atoms with Gasteiger partial charge in [-0.3, -0.25) is 0 Å². The molecule has 1 saturated heterocycles. The molecule has 0 unspecified atom stereocenters. The molecule has 1 fully saturated rings. The Morgan fingerprint density at radius 2 is 2.15 bits per heavy atom. The van der Waals surface area contributed by atoms with Crippen molar-refractivity contribution in [2.24, 2.45) is 0 Å². The Balaban J connectivity index is 0.000000845. The highest BCUT2D eigenvalue weighted by Crippen LogP contribution is 2.22. The van der Waals surface area contributed by atoms with Crippen LogP contribution in [0.4, 0.5) is 0 Å². The second kappa shape index (κ2) is 5.42. The predicted molar refractivity (Wildman–Crippen MR) is 56.4 cm³/mol. The molecule has 72 valence electrons. The van der Waals surface area contributed by atoms with Gasteiger partial charge in [-0.05, 0) is 19.0 Å². The summed E-state index contributed by atoms with van der Waals surface area (Å²) in [5.41, 5.74) is 0. The third-order valence-corrected chi connectivity index (χ3v) is 2.99. The minimum Gasteiger partial charge on any atom is -0.316 e. The quantitative estimate of drug-likeness (QED) is 0.760. The Morgan fingerprint density at radius 1 is 1.38 bits per heavy atom. The molecule has 1 aliphatic rings. The van der Waals surface area contributed by atoms with E-state index in [1.807, 2.05) is 6.07 Å². The second-order valence-corrected chi connectivity index (χ2v) is 4.03. The maximum Gasteiger partial charge on any atom is 0.187 e. The molecule has 0 saturated carbocycles. The first-order valence-corrected chi connectivity index (χ1v) is 4.97. The van der Waals surface area contributed by atoms with E-state index in [9.17, 15) is 0 Å². The first-order chi connectivity index (χ1) is 5.95. The normalized spacial score (nSPS) is 21.1. The standard InChI is InChI=1S/C8H11N3S.ClH/c1-3-10-8(11-4-1)12-7-2-5-9-6-7;/h1,3-4,7,9H,2,5-6H2;1H/t7-;/m1./s1. The Kier molecular flexibility index (Phi) is 4.48. The van der Waals surface area contributed by atoms with Crippen LogP contribution in [0, 0.1) is 0 Å². The summed E-state index contributed by atoms with van der Waals surface area (Å²) in [5, 5.41) is 4.87. The highest BCUT2D eigenvalue weighted by Gasteiger charge is 2.16. The molecule has 2 rings (SSSR count). The van der Waals surface area contributed by atoms with Gasteiger partial charge >= 0.3 is 0 Å². The molecule has 0 radical (unpaired) electrons. The van der Waals surface area contributed by atoms with E-state index in [-0.39, 0.29) is 12.4 Å². The lowest BCUT2D eigenvalue weighted by atomic mass is 10.4. The van der Waals surface area contributed by atoms with E-state index in [1.54, 1.807) is 24.2 Å². The molecule has 1 atom stereocenters. The van der Waals surface area contributed by atoms with E-state index in [4.69, 9.17) is 0 Å². The lowest BCUT2D eigenvalue weighted by Gasteiger charge is -2.04. The second-order valence-electron chi connectivity index (χ2n) is 2.76. The van der Waals surface area contributed by atoms with E-state index >= 15 is 0 Å². The van der Waals surface area contributed by atoms with Crippen LogP contribution in [0.15, 0.2) is 23.6 Å². The zero-order valence-corrected chi connectivity index (χ0v) is 8.77. The lowest BCUT2D eigenvalue weighted by molar-refractivity contribution is 0.857. The Labute approximate surface area is 88.2 Å². The third kappa shape index (κ3) is 3.14. The molecule has 0 amide bonds. The smallest absolute Gasteiger partial charge is 0.187 e. The van der Waals surface area contributed by atoms with Crippen LogP contribution in [0.25, 0.3) is 0 Å². The van der Waals surface area contributed by atoms with Gasteiger partial charge in [0.2, 0.25) is 0 Å². The topological polar surface area (TPSA) is 37.8 Å². The summed E-state index contributed by atoms with van der Waals surface area (Å²) in [6.45, 7) is 2.22. The molecule has 13 heavy (non-hydrogen) atoms. The number of rotatable bonds is 2. The molecule has 0 aliphatic carbocycles. The fraction of sp³-hybridized carbons (Fsp3) is 0.500. The largest absolute Gasteiger partial charge is 0.316 e. The molecular formula is C8H12ClN3S. The van der Waals surface area contributed by atoms with E-state index < -0.39 is 0 Å². The molecule has 2 heterocycles. The summed E-state index contributed by atoms with van der Waals surface area (Å²) in [7, 11) is 0. The van der Waals surface area contributed by atoms with Crippen molar-refractivity contribution < 1.29 is 0 Å². The first-order valence-electron chi connectivity index (χ1n) is 4.09. The minimum atomic E-state index is 0. The van der Waals surface area contributed by atoms with Crippen LogP contribution < -0.4 is 5.32 Å². The summed E-state index contributed by atoms with van der Waals surface area (Å²) in [4.78, 5) is 8.33. The first kappa shape index (κ1) is 10.8. The molecule has 0 spiro atoms. The molecule has 0 aromatic carbocycles. The van der Waals surface area contributed by atoms with Crippen molar-refractivity contribution >= 4 is 24.2 Å². The molecule has 1 aromatic rings. The van der Waals surface area contributed by atoms with Gasteiger partial charge in [-0.1, -0.05) is 11.8 Å². The van der Waals surface area contributed by atoms with Gasteiger partial charge in [0, 0.05) is 24.2 Å². The molecule has 1 N–H and O–H groups in total. The maximum atomic E-state index is 4.17. The Bertz CT molecular complexity index is 238. The van der Waals surface area contributed by atoms with Gasteiger partial charge in [0.05, 0.1) is 0 Å². The Hall–Kier alpha value is -0.320. The molecule has 5 heteroatoms.